The van der Waals surface area contributed by atoms with E-state index in [9.17, 15) is 0 Å². The van der Waals surface area contributed by atoms with Crippen molar-refractivity contribution in [1.82, 2.24) is 20.9 Å². The van der Waals surface area contributed by atoms with Gasteiger partial charge in [-0.25, -0.2) is 0 Å². The van der Waals surface area contributed by atoms with Gasteiger partial charge in [0.2, 0.25) is 0 Å². The van der Waals surface area contributed by atoms with Crippen LogP contribution in [0.5, 0.6) is 0 Å². The van der Waals surface area contributed by atoms with Crippen molar-refractivity contribution in [3.8, 4) is 0 Å². The first-order valence-electron chi connectivity index (χ1n) is 7.29. The summed E-state index contributed by atoms with van der Waals surface area (Å²) in [5.41, 5.74) is 16.4. The van der Waals surface area contributed by atoms with E-state index in [1.165, 1.54) is 0 Å². The summed E-state index contributed by atoms with van der Waals surface area (Å²) in [6.45, 7) is 10.8. The number of hydrogen-bond donors (Lipinski definition) is 6. The minimum atomic E-state index is 0.691. The number of nitrogens with one attached hydrogen (secondary N) is 3. The molecule has 7 nitrogen and oxygen atoms in total. The smallest absolute Gasteiger partial charge is 0.0108 e. The molecule has 0 atom stereocenters. The molecule has 19 heavy (non-hydrogen) atoms. The van der Waals surface area contributed by atoms with Gasteiger partial charge < -0.3 is 33.2 Å². The zero-order valence-electron chi connectivity index (χ0n) is 12.2. The molecule has 9 N–H and O–H groups in total. The molecule has 0 spiro atoms. The first-order valence-corrected chi connectivity index (χ1v) is 7.29. The molecule has 0 saturated heterocycles. The van der Waals surface area contributed by atoms with Gasteiger partial charge in [0, 0.05) is 78.5 Å². The van der Waals surface area contributed by atoms with Crippen molar-refractivity contribution in [2.45, 2.75) is 0 Å². The maximum Gasteiger partial charge on any atom is 0.0108 e. The molecule has 0 amide bonds. The predicted octanol–water partition coefficient (Wildman–Crippen LogP) is -3.07. The lowest BCUT2D eigenvalue weighted by Crippen LogP contribution is -2.42. The Balaban J connectivity index is 3.66. The van der Waals surface area contributed by atoms with E-state index in [4.69, 9.17) is 17.2 Å². The Morgan fingerprint density at radius 1 is 0.526 bits per heavy atom. The Morgan fingerprint density at radius 2 is 0.842 bits per heavy atom. The van der Waals surface area contributed by atoms with Crippen LogP contribution in [-0.4, -0.2) is 83.4 Å². The highest BCUT2D eigenvalue weighted by atomic mass is 15.2. The SMILES string of the molecule is NCCNCCN(CCNCCN)CCNCCN. The fourth-order valence-electron chi connectivity index (χ4n) is 1.73. The van der Waals surface area contributed by atoms with Gasteiger partial charge in [0.1, 0.15) is 0 Å². The summed E-state index contributed by atoms with van der Waals surface area (Å²) in [4.78, 5) is 2.43. The summed E-state index contributed by atoms with van der Waals surface area (Å²) in [6.07, 6.45) is 0. The second-order valence-corrected chi connectivity index (χ2v) is 4.46. The van der Waals surface area contributed by atoms with Crippen LogP contribution in [0.2, 0.25) is 0 Å². The Kier molecular flexibility index (Phi) is 15.5. The Morgan fingerprint density at radius 3 is 1.11 bits per heavy atom. The molecule has 0 aromatic heterocycles. The van der Waals surface area contributed by atoms with Gasteiger partial charge in [-0.3, -0.25) is 4.90 Å². The van der Waals surface area contributed by atoms with Gasteiger partial charge in [0.25, 0.3) is 0 Å². The molecule has 0 aliphatic rings. The molecule has 0 bridgehead atoms. The number of hydrogen-bond acceptors (Lipinski definition) is 7. The molecule has 0 aliphatic carbocycles. The second kappa shape index (κ2) is 15.8. The van der Waals surface area contributed by atoms with Gasteiger partial charge in [0.05, 0.1) is 0 Å². The Bertz CT molecular complexity index is 140. The van der Waals surface area contributed by atoms with Crippen molar-refractivity contribution in [1.29, 1.82) is 0 Å². The lowest BCUT2D eigenvalue weighted by molar-refractivity contribution is 0.273. The van der Waals surface area contributed by atoms with Crippen LogP contribution in [0.25, 0.3) is 0 Å². The average Bonchev–Trinajstić information content (AvgIpc) is 2.43. The highest BCUT2D eigenvalue weighted by molar-refractivity contribution is 4.64. The minimum absolute atomic E-state index is 0.691. The molecule has 0 fully saturated rings. The maximum atomic E-state index is 5.45. The topological polar surface area (TPSA) is 117 Å². The first-order chi connectivity index (χ1) is 9.35. The first kappa shape index (κ1) is 18.7. The van der Waals surface area contributed by atoms with E-state index in [1.807, 2.05) is 0 Å². The van der Waals surface area contributed by atoms with Crippen LogP contribution in [-0.2, 0) is 0 Å². The number of nitrogens with two attached hydrogens (primary N) is 3. The van der Waals surface area contributed by atoms with Crippen LogP contribution in [0, 0.1) is 0 Å². The molecule has 0 saturated carbocycles. The maximum absolute atomic E-state index is 5.45. The summed E-state index contributed by atoms with van der Waals surface area (Å²) in [6, 6.07) is 0. The van der Waals surface area contributed by atoms with Crippen molar-refractivity contribution in [3.63, 3.8) is 0 Å². The standard InChI is InChI=1S/C12H33N7/c13-1-4-16-7-10-19(11-8-17-5-2-14)12-9-18-6-3-15/h16-18H,1-15H2. The summed E-state index contributed by atoms with van der Waals surface area (Å²) in [7, 11) is 0. The van der Waals surface area contributed by atoms with Crippen LogP contribution in [0.4, 0.5) is 0 Å². The third-order valence-corrected chi connectivity index (χ3v) is 2.78. The van der Waals surface area contributed by atoms with Gasteiger partial charge in [-0.15, -0.1) is 0 Å². The highest BCUT2D eigenvalue weighted by Gasteiger charge is 2.03. The molecule has 0 aliphatic heterocycles. The number of rotatable bonds is 15. The molecule has 0 rings (SSSR count). The third-order valence-electron chi connectivity index (χ3n) is 2.78. The Hall–Kier alpha value is -0.280. The van der Waals surface area contributed by atoms with Crippen LogP contribution < -0.4 is 33.2 Å². The van der Waals surface area contributed by atoms with Crippen molar-refractivity contribution < 1.29 is 0 Å². The quantitative estimate of drug-likeness (QED) is 0.176. The second-order valence-electron chi connectivity index (χ2n) is 4.46. The molecule has 0 aromatic carbocycles. The van der Waals surface area contributed by atoms with E-state index in [2.05, 4.69) is 20.9 Å². The van der Waals surface area contributed by atoms with E-state index < -0.39 is 0 Å². The van der Waals surface area contributed by atoms with Crippen molar-refractivity contribution in [2.24, 2.45) is 17.2 Å². The predicted molar refractivity (Wildman–Crippen MR) is 82.2 cm³/mol. The number of nitrogens with zero attached hydrogens (tertiary/aromatic N) is 1. The van der Waals surface area contributed by atoms with Crippen LogP contribution in [0.15, 0.2) is 0 Å². The van der Waals surface area contributed by atoms with Gasteiger partial charge in [-0.1, -0.05) is 0 Å². The highest BCUT2D eigenvalue weighted by Crippen LogP contribution is 1.85. The van der Waals surface area contributed by atoms with Gasteiger partial charge in [0.15, 0.2) is 0 Å². The normalized spacial score (nSPS) is 11.4. The van der Waals surface area contributed by atoms with Crippen LogP contribution in [0.1, 0.15) is 0 Å². The van der Waals surface area contributed by atoms with E-state index >= 15 is 0 Å². The minimum Gasteiger partial charge on any atom is -0.329 e. The van der Waals surface area contributed by atoms with E-state index in [1.54, 1.807) is 0 Å². The zero-order chi connectivity index (χ0) is 14.2. The molecule has 0 heterocycles. The zero-order valence-corrected chi connectivity index (χ0v) is 12.2. The monoisotopic (exact) mass is 275 g/mol. The van der Waals surface area contributed by atoms with Gasteiger partial charge >= 0.3 is 0 Å². The van der Waals surface area contributed by atoms with Crippen molar-refractivity contribution >= 4 is 0 Å². The van der Waals surface area contributed by atoms with Crippen molar-refractivity contribution in [3.05, 3.63) is 0 Å². The fourth-order valence-corrected chi connectivity index (χ4v) is 1.73. The molecule has 7 heteroatoms. The fraction of sp³-hybridized carbons (Fsp3) is 1.00. The summed E-state index contributed by atoms with van der Waals surface area (Å²) in [5.74, 6) is 0. The van der Waals surface area contributed by atoms with Crippen molar-refractivity contribution in [2.75, 3.05) is 78.5 Å². The van der Waals surface area contributed by atoms with Gasteiger partial charge in [-0.2, -0.15) is 0 Å². The Labute approximate surface area is 117 Å². The largest absolute Gasteiger partial charge is 0.329 e. The molecule has 0 radical (unpaired) electrons. The molecular formula is C12H33N7. The van der Waals surface area contributed by atoms with Crippen LogP contribution >= 0.6 is 0 Å². The van der Waals surface area contributed by atoms with E-state index in [0.29, 0.717) is 19.6 Å². The lowest BCUT2D eigenvalue weighted by atomic mass is 10.4. The molecule has 0 aromatic rings. The van der Waals surface area contributed by atoms with E-state index in [-0.39, 0.29) is 0 Å². The lowest BCUT2D eigenvalue weighted by Gasteiger charge is -2.23. The molecular weight excluding hydrogens is 242 g/mol. The molecule has 116 valence electrons. The third kappa shape index (κ3) is 13.9. The summed E-state index contributed by atoms with van der Waals surface area (Å²) >= 11 is 0. The van der Waals surface area contributed by atoms with Gasteiger partial charge in [-0.05, 0) is 0 Å². The van der Waals surface area contributed by atoms with Crippen LogP contribution in [0.3, 0.4) is 0 Å². The average molecular weight is 275 g/mol. The summed E-state index contributed by atoms with van der Waals surface area (Å²) in [5, 5.41) is 9.96. The summed E-state index contributed by atoms with van der Waals surface area (Å²) < 4.78 is 0. The molecule has 0 unspecified atom stereocenters. The van der Waals surface area contributed by atoms with E-state index in [0.717, 1.165) is 58.9 Å².